The van der Waals surface area contributed by atoms with Crippen molar-refractivity contribution in [2.45, 2.75) is 37.6 Å². The first-order valence-corrected chi connectivity index (χ1v) is 11.7. The van der Waals surface area contributed by atoms with Crippen molar-refractivity contribution >= 4 is 15.9 Å². The normalized spacial score (nSPS) is 15.0. The molecule has 0 aliphatic carbocycles. The molecule has 162 valence electrons. The SMILES string of the molecule is Cc1ccc(CNC(=O)c2nc(-c3ccc(S(=O)(=O)N4CCCCC4)cc3)no2)cc1. The number of carbonyl (C=O) groups is 1. The molecule has 8 nitrogen and oxygen atoms in total. The van der Waals surface area contributed by atoms with Crippen molar-refractivity contribution in [3.63, 3.8) is 0 Å². The zero-order valence-electron chi connectivity index (χ0n) is 17.2. The Kier molecular flexibility index (Phi) is 6.15. The number of carbonyl (C=O) groups excluding carboxylic acids is 1. The van der Waals surface area contributed by atoms with Crippen LogP contribution in [0, 0.1) is 6.92 Å². The molecule has 1 N–H and O–H groups in total. The van der Waals surface area contributed by atoms with Crippen LogP contribution in [0.1, 0.15) is 41.1 Å². The maximum atomic E-state index is 12.8. The number of rotatable bonds is 6. The summed E-state index contributed by atoms with van der Waals surface area (Å²) < 4.78 is 32.1. The van der Waals surface area contributed by atoms with Crippen LogP contribution in [0.4, 0.5) is 0 Å². The second-order valence-corrected chi connectivity index (χ2v) is 9.52. The van der Waals surface area contributed by atoms with Gasteiger partial charge in [0.05, 0.1) is 4.90 Å². The summed E-state index contributed by atoms with van der Waals surface area (Å²) in [6, 6.07) is 14.1. The summed E-state index contributed by atoms with van der Waals surface area (Å²) in [5.41, 5.74) is 2.68. The minimum atomic E-state index is -3.50. The van der Waals surface area contributed by atoms with Crippen molar-refractivity contribution in [3.8, 4) is 11.4 Å². The summed E-state index contributed by atoms with van der Waals surface area (Å²) in [4.78, 5) is 16.7. The lowest BCUT2D eigenvalue weighted by atomic mass is 10.1. The highest BCUT2D eigenvalue weighted by Gasteiger charge is 2.26. The predicted octanol–water partition coefficient (Wildman–Crippen LogP) is 3.15. The lowest BCUT2D eigenvalue weighted by Gasteiger charge is -2.25. The van der Waals surface area contributed by atoms with Crippen LogP contribution < -0.4 is 5.32 Å². The molecule has 0 bridgehead atoms. The van der Waals surface area contributed by atoms with Crippen LogP contribution in [0.3, 0.4) is 0 Å². The monoisotopic (exact) mass is 440 g/mol. The Labute approximate surface area is 181 Å². The van der Waals surface area contributed by atoms with Gasteiger partial charge in [0.2, 0.25) is 15.8 Å². The first-order chi connectivity index (χ1) is 14.9. The molecule has 3 aromatic rings. The third-order valence-electron chi connectivity index (χ3n) is 5.26. The topological polar surface area (TPSA) is 105 Å². The van der Waals surface area contributed by atoms with Gasteiger partial charge < -0.3 is 9.84 Å². The average molecular weight is 441 g/mol. The van der Waals surface area contributed by atoms with Gasteiger partial charge in [0.15, 0.2) is 0 Å². The first-order valence-electron chi connectivity index (χ1n) is 10.2. The molecule has 31 heavy (non-hydrogen) atoms. The fourth-order valence-corrected chi connectivity index (χ4v) is 4.94. The van der Waals surface area contributed by atoms with Gasteiger partial charge in [-0.1, -0.05) is 41.4 Å². The number of nitrogens with one attached hydrogen (secondary N) is 1. The second kappa shape index (κ2) is 8.99. The largest absolute Gasteiger partial charge is 0.344 e. The Balaban J connectivity index is 1.42. The molecule has 1 saturated heterocycles. The van der Waals surface area contributed by atoms with Gasteiger partial charge in [-0.05, 0) is 49.6 Å². The average Bonchev–Trinajstić information content (AvgIpc) is 3.30. The van der Waals surface area contributed by atoms with Crippen LogP contribution >= 0.6 is 0 Å². The molecule has 0 radical (unpaired) electrons. The second-order valence-electron chi connectivity index (χ2n) is 7.58. The van der Waals surface area contributed by atoms with E-state index < -0.39 is 15.9 Å². The fourth-order valence-electron chi connectivity index (χ4n) is 3.43. The Morgan fingerprint density at radius 2 is 1.71 bits per heavy atom. The summed E-state index contributed by atoms with van der Waals surface area (Å²) in [5.74, 6) is -0.391. The third kappa shape index (κ3) is 4.83. The van der Waals surface area contributed by atoms with E-state index in [1.165, 1.54) is 16.4 Å². The zero-order chi connectivity index (χ0) is 21.8. The van der Waals surface area contributed by atoms with Crippen molar-refractivity contribution in [2.75, 3.05) is 13.1 Å². The minimum Gasteiger partial charge on any atom is -0.344 e. The molecule has 1 aliphatic heterocycles. The minimum absolute atomic E-state index is 0.146. The third-order valence-corrected chi connectivity index (χ3v) is 7.17. The van der Waals surface area contributed by atoms with Crippen LogP contribution in [-0.2, 0) is 16.6 Å². The lowest BCUT2D eigenvalue weighted by molar-refractivity contribution is 0.0907. The maximum absolute atomic E-state index is 12.8. The smallest absolute Gasteiger partial charge is 0.316 e. The Morgan fingerprint density at radius 3 is 2.39 bits per heavy atom. The van der Waals surface area contributed by atoms with Crippen LogP contribution in [0.5, 0.6) is 0 Å². The van der Waals surface area contributed by atoms with Gasteiger partial charge in [-0.15, -0.1) is 0 Å². The molecule has 1 aliphatic rings. The molecule has 0 unspecified atom stereocenters. The molecule has 2 aromatic carbocycles. The number of piperidine rings is 1. The number of sulfonamides is 1. The van der Waals surface area contributed by atoms with E-state index in [1.54, 1.807) is 12.1 Å². The van der Waals surface area contributed by atoms with Crippen molar-refractivity contribution < 1.29 is 17.7 Å². The Morgan fingerprint density at radius 1 is 1.03 bits per heavy atom. The molecule has 0 atom stereocenters. The number of amides is 1. The van der Waals surface area contributed by atoms with E-state index in [2.05, 4.69) is 15.5 Å². The van der Waals surface area contributed by atoms with Crippen LogP contribution in [0.2, 0.25) is 0 Å². The maximum Gasteiger partial charge on any atom is 0.316 e. The number of benzene rings is 2. The number of aryl methyl sites for hydroxylation is 1. The molecule has 1 amide bonds. The van der Waals surface area contributed by atoms with Crippen LogP contribution in [0.25, 0.3) is 11.4 Å². The highest BCUT2D eigenvalue weighted by atomic mass is 32.2. The molecule has 0 spiro atoms. The molecule has 2 heterocycles. The van der Waals surface area contributed by atoms with Crippen molar-refractivity contribution in [2.24, 2.45) is 0 Å². The van der Waals surface area contributed by atoms with Crippen LogP contribution in [-0.4, -0.2) is 41.9 Å². The van der Waals surface area contributed by atoms with E-state index in [0.29, 0.717) is 25.2 Å². The van der Waals surface area contributed by atoms with E-state index in [4.69, 9.17) is 4.52 Å². The van der Waals surface area contributed by atoms with E-state index >= 15 is 0 Å². The van der Waals surface area contributed by atoms with Gasteiger partial charge in [0.25, 0.3) is 0 Å². The lowest BCUT2D eigenvalue weighted by Crippen LogP contribution is -2.35. The van der Waals surface area contributed by atoms with Crippen molar-refractivity contribution in [1.82, 2.24) is 19.8 Å². The quantitative estimate of drug-likeness (QED) is 0.631. The molecule has 4 rings (SSSR count). The van der Waals surface area contributed by atoms with Crippen molar-refractivity contribution in [1.29, 1.82) is 0 Å². The Hall–Kier alpha value is -3.04. The van der Waals surface area contributed by atoms with Gasteiger partial charge in [-0.2, -0.15) is 9.29 Å². The summed E-state index contributed by atoms with van der Waals surface area (Å²) in [7, 11) is -3.50. The number of nitrogens with zero attached hydrogens (tertiary/aromatic N) is 3. The van der Waals surface area contributed by atoms with Gasteiger partial charge in [-0.3, -0.25) is 4.79 Å². The molecular weight excluding hydrogens is 416 g/mol. The fraction of sp³-hybridized carbons (Fsp3) is 0.318. The van der Waals surface area contributed by atoms with E-state index in [0.717, 1.165) is 30.4 Å². The summed E-state index contributed by atoms with van der Waals surface area (Å²) in [6.45, 7) is 3.45. The first kappa shape index (κ1) is 21.2. The molecular formula is C22H24N4O4S. The number of hydrogen-bond acceptors (Lipinski definition) is 6. The van der Waals surface area contributed by atoms with E-state index in [1.807, 2.05) is 31.2 Å². The summed E-state index contributed by atoms with van der Waals surface area (Å²) in [6.07, 6.45) is 2.83. The molecule has 9 heteroatoms. The summed E-state index contributed by atoms with van der Waals surface area (Å²) in [5, 5.41) is 6.59. The van der Waals surface area contributed by atoms with Gasteiger partial charge >= 0.3 is 11.8 Å². The van der Waals surface area contributed by atoms with Gasteiger partial charge in [0.1, 0.15) is 0 Å². The molecule has 1 fully saturated rings. The van der Waals surface area contributed by atoms with Gasteiger partial charge in [0, 0.05) is 25.2 Å². The molecule has 1 aromatic heterocycles. The highest BCUT2D eigenvalue weighted by molar-refractivity contribution is 7.89. The van der Waals surface area contributed by atoms with Crippen LogP contribution in [0.15, 0.2) is 57.9 Å². The number of hydrogen-bond donors (Lipinski definition) is 1. The standard InChI is InChI=1S/C22H24N4O4S/c1-16-5-7-17(8-6-16)15-23-21(27)22-24-20(25-30-22)18-9-11-19(12-10-18)31(28,29)26-13-3-2-4-14-26/h5-12H,2-4,13-15H2,1H3,(H,23,27). The predicted molar refractivity (Wildman–Crippen MR) is 115 cm³/mol. The van der Waals surface area contributed by atoms with Crippen molar-refractivity contribution in [3.05, 3.63) is 65.5 Å². The number of aromatic nitrogens is 2. The van der Waals surface area contributed by atoms with Gasteiger partial charge in [-0.25, -0.2) is 8.42 Å². The van der Waals surface area contributed by atoms with E-state index in [-0.39, 0.29) is 16.6 Å². The summed E-state index contributed by atoms with van der Waals surface area (Å²) >= 11 is 0. The van der Waals surface area contributed by atoms with E-state index in [9.17, 15) is 13.2 Å². The highest BCUT2D eigenvalue weighted by Crippen LogP contribution is 2.23. The Bertz CT molecular complexity index is 1150. The zero-order valence-corrected chi connectivity index (χ0v) is 18.1. The molecule has 0 saturated carbocycles.